The Bertz CT molecular complexity index is 528. The van der Waals surface area contributed by atoms with Crippen molar-refractivity contribution >= 4 is 41.3 Å². The van der Waals surface area contributed by atoms with Crippen LogP contribution in [0.2, 0.25) is 0 Å². The Hall–Kier alpha value is -1.03. The second-order valence-corrected chi connectivity index (χ2v) is 4.62. The summed E-state index contributed by atoms with van der Waals surface area (Å²) in [6.07, 6.45) is 3.81. The lowest BCUT2D eigenvalue weighted by Gasteiger charge is -2.36. The highest BCUT2D eigenvalue weighted by Gasteiger charge is 2.19. The van der Waals surface area contributed by atoms with E-state index in [2.05, 4.69) is 46.4 Å². The van der Waals surface area contributed by atoms with E-state index >= 15 is 0 Å². The molecule has 1 unspecified atom stereocenters. The number of pyridine rings is 1. The van der Waals surface area contributed by atoms with Gasteiger partial charge < -0.3 is 10.2 Å². The Morgan fingerprint density at radius 1 is 1.26 bits per heavy atom. The quantitative estimate of drug-likeness (QED) is 0.878. The molecule has 0 radical (unpaired) electrons. The summed E-state index contributed by atoms with van der Waals surface area (Å²) in [5.41, 5.74) is 1.33. The SMILES string of the molecule is CC1CNCCN1c1cccc2cnccc12.Cl.Cl. The minimum Gasteiger partial charge on any atom is -0.366 e. The van der Waals surface area contributed by atoms with Crippen LogP contribution in [-0.4, -0.2) is 30.7 Å². The number of hydrogen-bond donors (Lipinski definition) is 1. The van der Waals surface area contributed by atoms with Crippen LogP contribution in [0.15, 0.2) is 36.7 Å². The Balaban J connectivity index is 0.000000902. The van der Waals surface area contributed by atoms with Gasteiger partial charge in [-0.15, -0.1) is 24.8 Å². The Morgan fingerprint density at radius 2 is 2.11 bits per heavy atom. The lowest BCUT2D eigenvalue weighted by atomic mass is 10.1. The van der Waals surface area contributed by atoms with E-state index in [0.29, 0.717) is 6.04 Å². The number of halogens is 2. The fraction of sp³-hybridized carbons (Fsp3) is 0.357. The van der Waals surface area contributed by atoms with Crippen molar-refractivity contribution in [2.75, 3.05) is 24.5 Å². The van der Waals surface area contributed by atoms with Crippen LogP contribution in [0.3, 0.4) is 0 Å². The molecule has 1 atom stereocenters. The highest BCUT2D eigenvalue weighted by atomic mass is 35.5. The smallest absolute Gasteiger partial charge is 0.0450 e. The third-order valence-electron chi connectivity index (χ3n) is 3.47. The molecule has 1 aliphatic heterocycles. The summed E-state index contributed by atoms with van der Waals surface area (Å²) in [6, 6.07) is 9.11. The molecular weight excluding hydrogens is 281 g/mol. The number of nitrogens with one attached hydrogen (secondary N) is 1. The van der Waals surface area contributed by atoms with Crippen LogP contribution >= 0.6 is 24.8 Å². The Kier molecular flexibility index (Phi) is 5.85. The highest BCUT2D eigenvalue weighted by Crippen LogP contribution is 2.27. The first kappa shape index (κ1) is 16.0. The third-order valence-corrected chi connectivity index (χ3v) is 3.47. The van der Waals surface area contributed by atoms with Crippen LogP contribution in [0.1, 0.15) is 6.92 Å². The summed E-state index contributed by atoms with van der Waals surface area (Å²) in [6.45, 7) is 5.46. The second kappa shape index (κ2) is 6.94. The molecule has 0 spiro atoms. The van der Waals surface area contributed by atoms with Crippen molar-refractivity contribution < 1.29 is 0 Å². The van der Waals surface area contributed by atoms with Gasteiger partial charge in [-0.25, -0.2) is 0 Å². The zero-order valence-electron chi connectivity index (χ0n) is 10.9. The van der Waals surface area contributed by atoms with Crippen molar-refractivity contribution in [3.63, 3.8) is 0 Å². The average Bonchev–Trinajstić information content (AvgIpc) is 2.39. The number of nitrogens with zero attached hydrogens (tertiary/aromatic N) is 2. The van der Waals surface area contributed by atoms with Gasteiger partial charge in [-0.1, -0.05) is 12.1 Å². The van der Waals surface area contributed by atoms with Crippen molar-refractivity contribution in [1.29, 1.82) is 0 Å². The first-order valence-electron chi connectivity index (χ1n) is 6.16. The summed E-state index contributed by atoms with van der Waals surface area (Å²) >= 11 is 0. The van der Waals surface area contributed by atoms with Gasteiger partial charge >= 0.3 is 0 Å². The van der Waals surface area contributed by atoms with Crippen LogP contribution in [0.4, 0.5) is 5.69 Å². The molecule has 1 N–H and O–H groups in total. The topological polar surface area (TPSA) is 28.2 Å². The highest BCUT2D eigenvalue weighted by molar-refractivity contribution is 5.93. The van der Waals surface area contributed by atoms with E-state index in [4.69, 9.17) is 0 Å². The van der Waals surface area contributed by atoms with Gasteiger partial charge in [0.05, 0.1) is 0 Å². The van der Waals surface area contributed by atoms with Gasteiger partial charge in [0.1, 0.15) is 0 Å². The van der Waals surface area contributed by atoms with Gasteiger partial charge in [-0.05, 0) is 19.1 Å². The number of benzene rings is 1. The molecule has 19 heavy (non-hydrogen) atoms. The molecule has 0 saturated carbocycles. The summed E-state index contributed by atoms with van der Waals surface area (Å²) in [5.74, 6) is 0. The van der Waals surface area contributed by atoms with E-state index in [1.807, 2.05) is 12.4 Å². The molecule has 1 fully saturated rings. The zero-order chi connectivity index (χ0) is 11.7. The first-order chi connectivity index (χ1) is 8.36. The molecular formula is C14H19Cl2N3. The van der Waals surface area contributed by atoms with Gasteiger partial charge in [-0.3, -0.25) is 4.98 Å². The lowest BCUT2D eigenvalue weighted by molar-refractivity contribution is 0.502. The van der Waals surface area contributed by atoms with Gasteiger partial charge in [-0.2, -0.15) is 0 Å². The molecule has 104 valence electrons. The number of rotatable bonds is 1. The van der Waals surface area contributed by atoms with E-state index in [0.717, 1.165) is 19.6 Å². The van der Waals surface area contributed by atoms with E-state index < -0.39 is 0 Å². The van der Waals surface area contributed by atoms with Crippen LogP contribution in [0, 0.1) is 0 Å². The molecule has 3 rings (SSSR count). The Labute approximate surface area is 126 Å². The largest absolute Gasteiger partial charge is 0.366 e. The standard InChI is InChI=1S/C14H17N3.2ClH/c1-11-9-16-7-8-17(11)14-4-2-3-12-10-15-6-5-13(12)14;;/h2-6,10-11,16H,7-9H2,1H3;2*1H. The molecule has 5 heteroatoms. The first-order valence-corrected chi connectivity index (χ1v) is 6.16. The molecule has 1 aromatic carbocycles. The van der Waals surface area contributed by atoms with Crippen LogP contribution in [-0.2, 0) is 0 Å². The molecule has 2 heterocycles. The molecule has 0 bridgehead atoms. The average molecular weight is 300 g/mol. The summed E-state index contributed by atoms with van der Waals surface area (Å²) in [7, 11) is 0. The van der Waals surface area contributed by atoms with Crippen molar-refractivity contribution in [3.05, 3.63) is 36.7 Å². The summed E-state index contributed by atoms with van der Waals surface area (Å²) in [5, 5.41) is 5.95. The molecule has 1 aliphatic rings. The number of fused-ring (bicyclic) bond motifs is 1. The van der Waals surface area contributed by atoms with Crippen LogP contribution < -0.4 is 10.2 Å². The van der Waals surface area contributed by atoms with E-state index in [-0.39, 0.29) is 24.8 Å². The van der Waals surface area contributed by atoms with Crippen molar-refractivity contribution in [3.8, 4) is 0 Å². The van der Waals surface area contributed by atoms with E-state index in [9.17, 15) is 0 Å². The van der Waals surface area contributed by atoms with Gasteiger partial charge in [0.2, 0.25) is 0 Å². The lowest BCUT2D eigenvalue weighted by Crippen LogP contribution is -2.50. The minimum atomic E-state index is 0. The Morgan fingerprint density at radius 3 is 2.89 bits per heavy atom. The van der Waals surface area contributed by atoms with Gasteiger partial charge in [0, 0.05) is 54.5 Å². The summed E-state index contributed by atoms with van der Waals surface area (Å²) < 4.78 is 0. The third kappa shape index (κ3) is 3.11. The molecule has 0 aliphatic carbocycles. The maximum absolute atomic E-state index is 4.19. The molecule has 1 saturated heterocycles. The second-order valence-electron chi connectivity index (χ2n) is 4.62. The molecule has 3 nitrogen and oxygen atoms in total. The van der Waals surface area contributed by atoms with Crippen molar-refractivity contribution in [1.82, 2.24) is 10.3 Å². The van der Waals surface area contributed by atoms with Crippen LogP contribution in [0.25, 0.3) is 10.8 Å². The monoisotopic (exact) mass is 299 g/mol. The van der Waals surface area contributed by atoms with Crippen molar-refractivity contribution in [2.45, 2.75) is 13.0 Å². The van der Waals surface area contributed by atoms with E-state index in [1.54, 1.807) is 0 Å². The fourth-order valence-electron chi connectivity index (χ4n) is 2.55. The predicted molar refractivity (Wildman–Crippen MR) is 85.9 cm³/mol. The van der Waals surface area contributed by atoms with Gasteiger partial charge in [0.25, 0.3) is 0 Å². The molecule has 0 amide bonds. The maximum atomic E-state index is 4.19. The fourth-order valence-corrected chi connectivity index (χ4v) is 2.55. The maximum Gasteiger partial charge on any atom is 0.0450 e. The van der Waals surface area contributed by atoms with E-state index in [1.165, 1.54) is 16.5 Å². The van der Waals surface area contributed by atoms with Crippen LogP contribution in [0.5, 0.6) is 0 Å². The normalized spacial score (nSPS) is 18.6. The number of aromatic nitrogens is 1. The zero-order valence-corrected chi connectivity index (χ0v) is 12.5. The predicted octanol–water partition coefficient (Wildman–Crippen LogP) is 2.88. The molecule has 2 aromatic rings. The number of piperazine rings is 1. The van der Waals surface area contributed by atoms with Crippen molar-refractivity contribution in [2.24, 2.45) is 0 Å². The number of anilines is 1. The van der Waals surface area contributed by atoms with Gasteiger partial charge in [0.15, 0.2) is 0 Å². The number of hydrogen-bond acceptors (Lipinski definition) is 3. The summed E-state index contributed by atoms with van der Waals surface area (Å²) in [4.78, 5) is 6.67. The minimum absolute atomic E-state index is 0. The molecule has 1 aromatic heterocycles.